The molecule has 0 bridgehead atoms. The first kappa shape index (κ1) is 14.4. The monoisotopic (exact) mass is 296 g/mol. The van der Waals surface area contributed by atoms with Gasteiger partial charge in [-0.1, -0.05) is 17.7 Å². The zero-order chi connectivity index (χ0) is 16.2. The van der Waals surface area contributed by atoms with Crippen molar-refractivity contribution >= 4 is 17.0 Å². The Labute approximate surface area is 129 Å². The van der Waals surface area contributed by atoms with Crippen molar-refractivity contribution in [2.75, 3.05) is 5.73 Å². The molecule has 5 heteroatoms. The highest BCUT2D eigenvalue weighted by molar-refractivity contribution is 5.95. The van der Waals surface area contributed by atoms with Gasteiger partial charge in [0.05, 0.1) is 5.39 Å². The first-order valence-electron chi connectivity index (χ1n) is 7.21. The third-order valence-electron chi connectivity index (χ3n) is 4.18. The lowest BCUT2D eigenvalue weighted by Gasteiger charge is -2.11. The summed E-state index contributed by atoms with van der Waals surface area (Å²) in [6.07, 6.45) is 1.96. The number of nitrogen functional groups attached to an aromatic ring is 1. The van der Waals surface area contributed by atoms with Crippen LogP contribution in [0.5, 0.6) is 0 Å². The number of anilines is 1. The Morgan fingerprint density at radius 2 is 1.68 bits per heavy atom. The molecule has 0 fully saturated rings. The summed E-state index contributed by atoms with van der Waals surface area (Å²) in [5.74, 6) is 0.225. The molecule has 0 unspecified atom stereocenters. The molecule has 3 aromatic rings. The smallest absolute Gasteiger partial charge is 0.264 e. The van der Waals surface area contributed by atoms with Crippen molar-refractivity contribution < 1.29 is 0 Å². The van der Waals surface area contributed by atoms with Crippen LogP contribution in [0, 0.1) is 20.8 Å². The van der Waals surface area contributed by atoms with E-state index in [1.807, 2.05) is 17.8 Å². The van der Waals surface area contributed by atoms with Gasteiger partial charge in [-0.05, 0) is 37.5 Å². The molecule has 2 N–H and O–H groups in total. The van der Waals surface area contributed by atoms with E-state index in [0.29, 0.717) is 11.0 Å². The van der Waals surface area contributed by atoms with E-state index in [1.165, 1.54) is 10.1 Å². The number of benzene rings is 1. The molecule has 22 heavy (non-hydrogen) atoms. The van der Waals surface area contributed by atoms with E-state index in [4.69, 9.17) is 5.73 Å². The number of hydrogen-bond acceptors (Lipinski definition) is 3. The van der Waals surface area contributed by atoms with Crippen LogP contribution < -0.4 is 11.3 Å². The first-order valence-corrected chi connectivity index (χ1v) is 7.21. The van der Waals surface area contributed by atoms with E-state index in [0.717, 1.165) is 22.3 Å². The number of rotatable bonds is 1. The number of nitrogens with two attached hydrogens (primary N) is 1. The topological polar surface area (TPSA) is 65.8 Å². The summed E-state index contributed by atoms with van der Waals surface area (Å²) in [5, 5.41) is 0.620. The van der Waals surface area contributed by atoms with Gasteiger partial charge in [0, 0.05) is 25.9 Å². The number of hydrogen-bond donors (Lipinski definition) is 1. The van der Waals surface area contributed by atoms with Crippen LogP contribution in [-0.4, -0.2) is 14.1 Å². The highest BCUT2D eigenvalue weighted by atomic mass is 16.1. The second kappa shape index (κ2) is 4.73. The molecular formula is C17H20N4O. The van der Waals surface area contributed by atoms with Gasteiger partial charge in [-0.3, -0.25) is 9.36 Å². The summed E-state index contributed by atoms with van der Waals surface area (Å²) in [6, 6.07) is 4.27. The van der Waals surface area contributed by atoms with Crippen LogP contribution >= 0.6 is 0 Å². The van der Waals surface area contributed by atoms with E-state index in [1.54, 1.807) is 7.05 Å². The van der Waals surface area contributed by atoms with Crippen LogP contribution in [0.1, 0.15) is 16.7 Å². The van der Waals surface area contributed by atoms with Crippen LogP contribution in [0.25, 0.3) is 22.2 Å². The minimum Gasteiger partial charge on any atom is -0.369 e. The van der Waals surface area contributed by atoms with Crippen molar-refractivity contribution in [1.82, 2.24) is 14.1 Å². The van der Waals surface area contributed by atoms with Crippen molar-refractivity contribution in [3.63, 3.8) is 0 Å². The van der Waals surface area contributed by atoms with Crippen molar-refractivity contribution in [3.05, 3.63) is 45.4 Å². The third-order valence-corrected chi connectivity index (χ3v) is 4.18. The molecule has 0 aliphatic heterocycles. The lowest BCUT2D eigenvalue weighted by atomic mass is 9.94. The molecule has 0 radical (unpaired) electrons. The summed E-state index contributed by atoms with van der Waals surface area (Å²) < 4.78 is 3.26. The number of fused-ring (bicyclic) bond motifs is 1. The molecule has 2 aromatic heterocycles. The van der Waals surface area contributed by atoms with Crippen LogP contribution in [-0.2, 0) is 14.1 Å². The van der Waals surface area contributed by atoms with E-state index in [-0.39, 0.29) is 11.5 Å². The fourth-order valence-electron chi connectivity index (χ4n) is 3.21. The molecule has 0 atom stereocenters. The summed E-state index contributed by atoms with van der Waals surface area (Å²) >= 11 is 0. The Kier molecular flexibility index (Phi) is 3.09. The number of aryl methyl sites for hydroxylation is 4. The van der Waals surface area contributed by atoms with Gasteiger partial charge in [0.2, 0.25) is 5.95 Å². The maximum atomic E-state index is 12.7. The van der Waals surface area contributed by atoms with Gasteiger partial charge in [0.1, 0.15) is 5.65 Å². The molecule has 0 aliphatic rings. The van der Waals surface area contributed by atoms with Gasteiger partial charge in [-0.15, -0.1) is 0 Å². The van der Waals surface area contributed by atoms with Crippen LogP contribution in [0.2, 0.25) is 0 Å². The van der Waals surface area contributed by atoms with Gasteiger partial charge >= 0.3 is 0 Å². The number of nitrogens with zero attached hydrogens (tertiary/aromatic N) is 3. The van der Waals surface area contributed by atoms with Crippen LogP contribution in [0.3, 0.4) is 0 Å². The largest absolute Gasteiger partial charge is 0.369 e. The Bertz CT molecular complexity index is 940. The second-order valence-corrected chi connectivity index (χ2v) is 5.96. The maximum Gasteiger partial charge on any atom is 0.264 e. The van der Waals surface area contributed by atoms with E-state index in [9.17, 15) is 4.79 Å². The van der Waals surface area contributed by atoms with Crippen LogP contribution in [0.4, 0.5) is 5.95 Å². The highest BCUT2D eigenvalue weighted by Gasteiger charge is 2.18. The molecule has 0 saturated heterocycles. The normalized spacial score (nSPS) is 11.3. The molecule has 114 valence electrons. The average Bonchev–Trinajstić information content (AvgIpc) is 2.72. The Morgan fingerprint density at radius 3 is 2.27 bits per heavy atom. The third kappa shape index (κ3) is 1.93. The molecular weight excluding hydrogens is 276 g/mol. The van der Waals surface area contributed by atoms with Crippen molar-refractivity contribution in [2.45, 2.75) is 20.8 Å². The molecule has 0 amide bonds. The fraction of sp³-hybridized carbons (Fsp3) is 0.294. The zero-order valence-corrected chi connectivity index (χ0v) is 13.6. The Hall–Kier alpha value is -2.56. The van der Waals surface area contributed by atoms with Crippen LogP contribution in [0.15, 0.2) is 23.1 Å². The molecule has 1 aromatic carbocycles. The summed E-state index contributed by atoms with van der Waals surface area (Å²) in [5.41, 5.74) is 11.9. The van der Waals surface area contributed by atoms with Gasteiger partial charge in [-0.25, -0.2) is 0 Å². The maximum absolute atomic E-state index is 12.7. The second-order valence-electron chi connectivity index (χ2n) is 5.96. The predicted molar refractivity (Wildman–Crippen MR) is 90.0 cm³/mol. The quantitative estimate of drug-likeness (QED) is 0.750. The molecule has 0 aliphatic carbocycles. The molecule has 0 saturated carbocycles. The van der Waals surface area contributed by atoms with Gasteiger partial charge in [0.25, 0.3) is 5.56 Å². The molecule has 2 heterocycles. The Balaban J connectivity index is 2.49. The first-order chi connectivity index (χ1) is 10.3. The SMILES string of the molecule is Cc1cc(C)c(-c2cn(C)c3nc(N)n(C)c(=O)c23)c(C)c1. The summed E-state index contributed by atoms with van der Waals surface area (Å²) in [7, 11) is 3.53. The van der Waals surface area contributed by atoms with E-state index in [2.05, 4.69) is 37.9 Å². The van der Waals surface area contributed by atoms with Crippen molar-refractivity contribution in [1.29, 1.82) is 0 Å². The predicted octanol–water partition coefficient (Wildman–Crippen LogP) is 2.45. The average molecular weight is 296 g/mol. The minimum atomic E-state index is -0.113. The zero-order valence-electron chi connectivity index (χ0n) is 13.6. The van der Waals surface area contributed by atoms with Crippen molar-refractivity contribution in [3.8, 4) is 11.1 Å². The van der Waals surface area contributed by atoms with Crippen molar-refractivity contribution in [2.24, 2.45) is 14.1 Å². The fourth-order valence-corrected chi connectivity index (χ4v) is 3.21. The molecule has 0 spiro atoms. The summed E-state index contributed by atoms with van der Waals surface area (Å²) in [6.45, 7) is 6.22. The lowest BCUT2D eigenvalue weighted by molar-refractivity contribution is 0.849. The van der Waals surface area contributed by atoms with Gasteiger partial charge < -0.3 is 10.3 Å². The standard InChI is InChI=1S/C17H20N4O/c1-9-6-10(2)13(11(3)7-9)12-8-20(4)15-14(12)16(22)21(5)17(18)19-15/h6-8H,1-5H3,(H2,18,19). The van der Waals surface area contributed by atoms with Gasteiger partial charge in [0.15, 0.2) is 0 Å². The highest BCUT2D eigenvalue weighted by Crippen LogP contribution is 2.33. The molecule has 3 rings (SSSR count). The molecule has 5 nitrogen and oxygen atoms in total. The van der Waals surface area contributed by atoms with E-state index >= 15 is 0 Å². The Morgan fingerprint density at radius 1 is 1.09 bits per heavy atom. The summed E-state index contributed by atoms with van der Waals surface area (Å²) in [4.78, 5) is 17.0. The number of aromatic nitrogens is 3. The lowest BCUT2D eigenvalue weighted by Crippen LogP contribution is -2.21. The van der Waals surface area contributed by atoms with Gasteiger partial charge in [-0.2, -0.15) is 4.98 Å². The van der Waals surface area contributed by atoms with E-state index < -0.39 is 0 Å². The minimum absolute atomic E-state index is 0.113.